The Morgan fingerprint density at radius 1 is 0.667 bits per heavy atom. The van der Waals surface area contributed by atoms with Crippen molar-refractivity contribution in [2.24, 2.45) is 0 Å². The van der Waals surface area contributed by atoms with Crippen molar-refractivity contribution in [2.75, 3.05) is 38.0 Å². The van der Waals surface area contributed by atoms with Crippen LogP contribution in [0, 0.1) is 3.57 Å². The highest BCUT2D eigenvalue weighted by atomic mass is 127. The van der Waals surface area contributed by atoms with Crippen LogP contribution in [-0.4, -0.2) is 48.1 Å². The molecule has 0 saturated carbocycles. The quantitative estimate of drug-likeness (QED) is 0.206. The number of benzene rings is 2. The third-order valence-electron chi connectivity index (χ3n) is 6.70. The number of aromatic amines is 2. The summed E-state index contributed by atoms with van der Waals surface area (Å²) in [6, 6.07) is 25.1. The van der Waals surface area contributed by atoms with Crippen molar-refractivity contribution < 1.29 is 0 Å². The van der Waals surface area contributed by atoms with Gasteiger partial charge in [-0.05, 0) is 88.3 Å². The maximum absolute atomic E-state index is 12.2. The van der Waals surface area contributed by atoms with E-state index in [2.05, 4.69) is 42.5 Å². The normalized spacial score (nSPS) is 10.5. The molecule has 2 N–H and O–H groups in total. The minimum absolute atomic E-state index is 0. The number of nitrogens with zero attached hydrogens (tertiary/aromatic N) is 4. The van der Waals surface area contributed by atoms with Gasteiger partial charge in [0, 0.05) is 52.0 Å². The van der Waals surface area contributed by atoms with Crippen LogP contribution < -0.4 is 20.9 Å². The zero-order valence-corrected chi connectivity index (χ0v) is 25.3. The van der Waals surface area contributed by atoms with Crippen molar-refractivity contribution in [3.05, 3.63) is 116 Å². The van der Waals surface area contributed by atoms with Gasteiger partial charge >= 0.3 is 0 Å². The summed E-state index contributed by atoms with van der Waals surface area (Å²) < 4.78 is 0.959. The molecule has 0 atom stereocenters. The van der Waals surface area contributed by atoms with Crippen LogP contribution in [0.3, 0.4) is 0 Å². The molecule has 9 heteroatoms. The molecule has 42 heavy (non-hydrogen) atoms. The lowest BCUT2D eigenvalue weighted by Gasteiger charge is -2.13. The van der Waals surface area contributed by atoms with Gasteiger partial charge in [0.1, 0.15) is 0 Å². The van der Waals surface area contributed by atoms with Gasteiger partial charge in [0.05, 0.1) is 36.8 Å². The number of aromatic nitrogens is 4. The molecular formula is C33H33IN6O2. The average molecular weight is 673 g/mol. The Bertz CT molecular complexity index is 1950. The standard InChI is InChI=1S/C16H14IN3O.C16H15N3O.CH4/c1-20(2)11-7-5-10(6-8-11)14-13(17)15-12(16(21)19-14)4-3-9-18-15;1-19(2)12-7-5-11(6-8-12)14-10-15-13(16(20)18-14)4-3-9-17-15;/h3-9H,1-2H3,(H,19,21);3-10H,1-2H3,(H,18,20);1H4. The molecule has 8 nitrogen and oxygen atoms in total. The Morgan fingerprint density at radius 2 is 1.19 bits per heavy atom. The van der Waals surface area contributed by atoms with Crippen LogP contribution >= 0.6 is 22.6 Å². The maximum Gasteiger partial charge on any atom is 0.257 e. The number of nitrogens with one attached hydrogen (secondary N) is 2. The van der Waals surface area contributed by atoms with Gasteiger partial charge in [-0.15, -0.1) is 0 Å². The van der Waals surface area contributed by atoms with Crippen LogP contribution in [0.15, 0.2) is 101 Å². The van der Waals surface area contributed by atoms with E-state index >= 15 is 0 Å². The fourth-order valence-electron chi connectivity index (χ4n) is 4.42. The third kappa shape index (κ3) is 6.36. The summed E-state index contributed by atoms with van der Waals surface area (Å²) in [5.41, 5.74) is 7.03. The van der Waals surface area contributed by atoms with Gasteiger partial charge in [-0.1, -0.05) is 31.7 Å². The first-order valence-electron chi connectivity index (χ1n) is 12.9. The Morgan fingerprint density at radius 3 is 1.79 bits per heavy atom. The maximum atomic E-state index is 12.2. The molecule has 0 spiro atoms. The highest BCUT2D eigenvalue weighted by Gasteiger charge is 2.12. The van der Waals surface area contributed by atoms with Gasteiger partial charge in [-0.25, -0.2) is 0 Å². The second kappa shape index (κ2) is 13.0. The highest BCUT2D eigenvalue weighted by Crippen LogP contribution is 2.28. The molecule has 0 unspecified atom stereocenters. The predicted molar refractivity (Wildman–Crippen MR) is 184 cm³/mol. The van der Waals surface area contributed by atoms with E-state index in [1.165, 1.54) is 0 Å². The number of anilines is 2. The molecule has 0 aliphatic carbocycles. The summed E-state index contributed by atoms with van der Waals surface area (Å²) in [7, 11) is 7.99. The fraction of sp³-hybridized carbons (Fsp3) is 0.152. The molecule has 6 rings (SSSR count). The molecule has 0 amide bonds. The Balaban J connectivity index is 0.000000189. The number of H-pyrrole nitrogens is 2. The molecule has 4 heterocycles. The fourth-order valence-corrected chi connectivity index (χ4v) is 5.30. The molecular weight excluding hydrogens is 639 g/mol. The minimum atomic E-state index is -0.109. The second-order valence-corrected chi connectivity index (χ2v) is 11.0. The molecule has 214 valence electrons. The van der Waals surface area contributed by atoms with E-state index in [0.29, 0.717) is 16.3 Å². The van der Waals surface area contributed by atoms with E-state index in [9.17, 15) is 9.59 Å². The lowest BCUT2D eigenvalue weighted by Crippen LogP contribution is -2.10. The molecule has 4 aromatic heterocycles. The highest BCUT2D eigenvalue weighted by molar-refractivity contribution is 14.1. The van der Waals surface area contributed by atoms with Gasteiger partial charge in [0.25, 0.3) is 11.1 Å². The van der Waals surface area contributed by atoms with Gasteiger partial charge in [-0.2, -0.15) is 0 Å². The first-order valence-corrected chi connectivity index (χ1v) is 14.0. The Kier molecular flexibility index (Phi) is 9.41. The number of halogens is 1. The van der Waals surface area contributed by atoms with Gasteiger partial charge in [0.15, 0.2) is 0 Å². The summed E-state index contributed by atoms with van der Waals surface area (Å²) in [5.74, 6) is 0. The van der Waals surface area contributed by atoms with Crippen LogP contribution in [0.5, 0.6) is 0 Å². The van der Waals surface area contributed by atoms with Crippen LogP contribution in [0.2, 0.25) is 0 Å². The zero-order valence-electron chi connectivity index (χ0n) is 23.1. The number of hydrogen-bond acceptors (Lipinski definition) is 6. The SMILES string of the molecule is C.CN(C)c1ccc(-c2[nH]c(=O)c3cccnc3c2I)cc1.CN(C)c1ccc(-c2cc3ncccc3c(=O)[nH]2)cc1. The van der Waals surface area contributed by atoms with Crippen molar-refractivity contribution in [3.8, 4) is 22.5 Å². The molecule has 6 aromatic rings. The molecule has 0 bridgehead atoms. The molecule has 0 fully saturated rings. The Hall–Kier alpha value is -4.51. The van der Waals surface area contributed by atoms with Crippen LogP contribution in [0.25, 0.3) is 44.3 Å². The number of rotatable bonds is 4. The lowest BCUT2D eigenvalue weighted by molar-refractivity contribution is 1.13. The van der Waals surface area contributed by atoms with Crippen LogP contribution in [-0.2, 0) is 0 Å². The smallest absolute Gasteiger partial charge is 0.257 e. The van der Waals surface area contributed by atoms with E-state index < -0.39 is 0 Å². The van der Waals surface area contributed by atoms with Gasteiger partial charge in [0.2, 0.25) is 0 Å². The van der Waals surface area contributed by atoms with Crippen molar-refractivity contribution in [2.45, 2.75) is 7.43 Å². The average Bonchev–Trinajstić information content (AvgIpc) is 2.99. The van der Waals surface area contributed by atoms with Crippen molar-refractivity contribution in [3.63, 3.8) is 0 Å². The summed E-state index contributed by atoms with van der Waals surface area (Å²) in [6.07, 6.45) is 3.41. The molecule has 2 aromatic carbocycles. The van der Waals surface area contributed by atoms with E-state index in [0.717, 1.165) is 43.0 Å². The summed E-state index contributed by atoms with van der Waals surface area (Å²) in [4.78, 5) is 42.8. The van der Waals surface area contributed by atoms with Gasteiger partial charge in [-0.3, -0.25) is 19.6 Å². The molecule has 0 saturated heterocycles. The van der Waals surface area contributed by atoms with E-state index in [-0.39, 0.29) is 18.5 Å². The third-order valence-corrected chi connectivity index (χ3v) is 7.75. The van der Waals surface area contributed by atoms with Crippen molar-refractivity contribution >= 4 is 55.8 Å². The first-order chi connectivity index (χ1) is 19.7. The van der Waals surface area contributed by atoms with Crippen LogP contribution in [0.4, 0.5) is 11.4 Å². The monoisotopic (exact) mass is 672 g/mol. The molecule has 0 aliphatic heterocycles. The minimum Gasteiger partial charge on any atom is -0.378 e. The lowest BCUT2D eigenvalue weighted by atomic mass is 10.1. The van der Waals surface area contributed by atoms with E-state index in [4.69, 9.17) is 0 Å². The van der Waals surface area contributed by atoms with E-state index in [1.54, 1.807) is 36.7 Å². The van der Waals surface area contributed by atoms with E-state index in [1.807, 2.05) is 92.6 Å². The van der Waals surface area contributed by atoms with Crippen molar-refractivity contribution in [1.29, 1.82) is 0 Å². The topological polar surface area (TPSA) is 98.0 Å². The number of fused-ring (bicyclic) bond motifs is 2. The van der Waals surface area contributed by atoms with Crippen LogP contribution in [0.1, 0.15) is 7.43 Å². The largest absolute Gasteiger partial charge is 0.378 e. The first kappa shape index (κ1) is 30.4. The van der Waals surface area contributed by atoms with Gasteiger partial charge < -0.3 is 19.8 Å². The zero-order chi connectivity index (χ0) is 29.1. The van der Waals surface area contributed by atoms with Crippen molar-refractivity contribution in [1.82, 2.24) is 19.9 Å². The number of hydrogen-bond donors (Lipinski definition) is 2. The molecule has 0 aliphatic rings. The predicted octanol–water partition coefficient (Wildman–Crippen LogP) is 6.55. The molecule has 0 radical (unpaired) electrons. The number of pyridine rings is 4. The second-order valence-electron chi connectivity index (χ2n) is 9.87. The summed E-state index contributed by atoms with van der Waals surface area (Å²) in [5, 5.41) is 1.23. The summed E-state index contributed by atoms with van der Waals surface area (Å²) in [6.45, 7) is 0. The summed E-state index contributed by atoms with van der Waals surface area (Å²) >= 11 is 2.24. The Labute approximate surface area is 258 Å².